The Morgan fingerprint density at radius 2 is 2.25 bits per heavy atom. The first-order valence-electron chi connectivity index (χ1n) is 6.16. The van der Waals surface area contributed by atoms with Crippen LogP contribution in [0.25, 0.3) is 0 Å². The Balaban J connectivity index is 2.13. The van der Waals surface area contributed by atoms with Crippen molar-refractivity contribution in [1.82, 2.24) is 4.90 Å². The molecule has 2 heterocycles. The van der Waals surface area contributed by atoms with Gasteiger partial charge in [-0.3, -0.25) is 9.69 Å². The average Bonchev–Trinajstić information content (AvgIpc) is 2.65. The maximum atomic E-state index is 11.5. The Morgan fingerprint density at radius 1 is 1.50 bits per heavy atom. The topological polar surface area (TPSA) is 40.5 Å². The van der Waals surface area contributed by atoms with E-state index in [1.54, 1.807) is 0 Å². The summed E-state index contributed by atoms with van der Waals surface area (Å²) < 4.78 is 0. The smallest absolute Gasteiger partial charge is 0.323 e. The van der Waals surface area contributed by atoms with Crippen LogP contribution >= 0.6 is 11.8 Å². The molecule has 2 aliphatic heterocycles. The van der Waals surface area contributed by atoms with Crippen molar-refractivity contribution in [3.63, 3.8) is 0 Å². The number of carbonyl (C=O) groups is 1. The van der Waals surface area contributed by atoms with E-state index in [-0.39, 0.29) is 0 Å². The fraction of sp³-hybridized carbons (Fsp3) is 0.917. The number of rotatable bonds is 2. The zero-order valence-corrected chi connectivity index (χ0v) is 10.9. The quantitative estimate of drug-likeness (QED) is 0.807. The number of aliphatic carboxylic acids is 1. The van der Waals surface area contributed by atoms with Crippen molar-refractivity contribution in [3.8, 4) is 0 Å². The van der Waals surface area contributed by atoms with Crippen molar-refractivity contribution >= 4 is 17.7 Å². The number of hydrogen-bond donors (Lipinski definition) is 1. The number of hydrogen-bond acceptors (Lipinski definition) is 3. The monoisotopic (exact) mass is 243 g/mol. The molecule has 3 nitrogen and oxygen atoms in total. The Kier molecular flexibility index (Phi) is 3.50. The van der Waals surface area contributed by atoms with E-state index < -0.39 is 11.5 Å². The number of likely N-dealkylation sites (tertiary alicyclic amines) is 1. The highest BCUT2D eigenvalue weighted by molar-refractivity contribution is 8.00. The highest BCUT2D eigenvalue weighted by atomic mass is 32.2. The van der Waals surface area contributed by atoms with Crippen LogP contribution in [0.4, 0.5) is 0 Å². The maximum Gasteiger partial charge on any atom is 0.323 e. The number of carboxylic acids is 1. The van der Waals surface area contributed by atoms with Gasteiger partial charge in [0.25, 0.3) is 0 Å². The maximum absolute atomic E-state index is 11.5. The second-order valence-corrected chi connectivity index (χ2v) is 6.73. The Morgan fingerprint density at radius 3 is 2.81 bits per heavy atom. The fourth-order valence-electron chi connectivity index (χ4n) is 2.97. The zero-order valence-electron chi connectivity index (χ0n) is 10.1. The highest BCUT2D eigenvalue weighted by Gasteiger charge is 2.45. The van der Waals surface area contributed by atoms with Crippen molar-refractivity contribution in [3.05, 3.63) is 0 Å². The third kappa shape index (κ3) is 2.09. The molecule has 16 heavy (non-hydrogen) atoms. The molecule has 0 aliphatic carbocycles. The summed E-state index contributed by atoms with van der Waals surface area (Å²) in [5.74, 6) is 0.459. The van der Waals surface area contributed by atoms with E-state index in [0.29, 0.717) is 11.3 Å². The van der Waals surface area contributed by atoms with Gasteiger partial charge in [-0.25, -0.2) is 0 Å². The van der Waals surface area contributed by atoms with Gasteiger partial charge < -0.3 is 5.11 Å². The third-order valence-corrected chi connectivity index (χ3v) is 5.36. The second kappa shape index (κ2) is 4.57. The van der Waals surface area contributed by atoms with Crippen molar-refractivity contribution in [2.45, 2.75) is 56.4 Å². The van der Waals surface area contributed by atoms with Crippen LogP contribution in [-0.4, -0.2) is 45.1 Å². The van der Waals surface area contributed by atoms with Gasteiger partial charge in [0.1, 0.15) is 5.54 Å². The molecule has 1 N–H and O–H groups in total. The van der Waals surface area contributed by atoms with E-state index in [9.17, 15) is 9.90 Å². The van der Waals surface area contributed by atoms with Crippen LogP contribution < -0.4 is 0 Å². The largest absolute Gasteiger partial charge is 0.480 e. The summed E-state index contributed by atoms with van der Waals surface area (Å²) in [6, 6.07) is 0.474. The molecular formula is C12H21NO2S. The lowest BCUT2D eigenvalue weighted by Gasteiger charge is -2.45. The molecule has 3 unspecified atom stereocenters. The molecule has 2 aliphatic rings. The van der Waals surface area contributed by atoms with Crippen LogP contribution in [-0.2, 0) is 4.79 Å². The first-order valence-corrected chi connectivity index (χ1v) is 7.20. The molecule has 0 radical (unpaired) electrons. The molecule has 2 fully saturated rings. The van der Waals surface area contributed by atoms with E-state index in [4.69, 9.17) is 0 Å². The minimum absolute atomic E-state index is 0.474. The molecule has 2 rings (SSSR count). The molecule has 3 atom stereocenters. The lowest BCUT2D eigenvalue weighted by molar-refractivity contribution is -0.154. The van der Waals surface area contributed by atoms with Gasteiger partial charge >= 0.3 is 5.97 Å². The van der Waals surface area contributed by atoms with Gasteiger partial charge in [0.15, 0.2) is 0 Å². The predicted molar refractivity (Wildman–Crippen MR) is 66.9 cm³/mol. The second-order valence-electron chi connectivity index (χ2n) is 5.26. The van der Waals surface area contributed by atoms with E-state index in [1.807, 2.05) is 18.7 Å². The zero-order chi connectivity index (χ0) is 11.8. The summed E-state index contributed by atoms with van der Waals surface area (Å²) in [6.07, 6.45) is 4.15. The van der Waals surface area contributed by atoms with Gasteiger partial charge in [0, 0.05) is 17.0 Å². The molecule has 0 amide bonds. The number of piperidine rings is 1. The first kappa shape index (κ1) is 12.2. The lowest BCUT2D eigenvalue weighted by atomic mass is 9.86. The van der Waals surface area contributed by atoms with Crippen molar-refractivity contribution in [2.75, 3.05) is 12.3 Å². The molecule has 2 saturated heterocycles. The van der Waals surface area contributed by atoms with Crippen LogP contribution in [0.1, 0.15) is 39.5 Å². The molecule has 0 aromatic rings. The summed E-state index contributed by atoms with van der Waals surface area (Å²) in [4.78, 5) is 13.7. The molecule has 0 aromatic carbocycles. The van der Waals surface area contributed by atoms with Crippen LogP contribution in [0.5, 0.6) is 0 Å². The highest BCUT2D eigenvalue weighted by Crippen LogP contribution is 2.37. The van der Waals surface area contributed by atoms with Gasteiger partial charge in [-0.2, -0.15) is 11.8 Å². The summed E-state index contributed by atoms with van der Waals surface area (Å²) in [5.41, 5.74) is -0.618. The van der Waals surface area contributed by atoms with E-state index >= 15 is 0 Å². The van der Waals surface area contributed by atoms with Gasteiger partial charge in [-0.05, 0) is 39.2 Å². The molecule has 92 valence electrons. The van der Waals surface area contributed by atoms with Gasteiger partial charge in [0.2, 0.25) is 0 Å². The van der Waals surface area contributed by atoms with E-state index in [0.717, 1.165) is 38.0 Å². The van der Waals surface area contributed by atoms with Crippen LogP contribution in [0, 0.1) is 0 Å². The number of carboxylic acid groups (broad SMARTS) is 1. The SMILES string of the molecule is CC1CC(N2CCCCC2(C)C(=O)O)CS1. The van der Waals surface area contributed by atoms with Crippen molar-refractivity contribution in [1.29, 1.82) is 0 Å². The van der Waals surface area contributed by atoms with Crippen LogP contribution in [0.2, 0.25) is 0 Å². The van der Waals surface area contributed by atoms with E-state index in [1.165, 1.54) is 0 Å². The Hall–Kier alpha value is -0.220. The predicted octanol–water partition coefficient (Wildman–Crippen LogP) is 2.21. The molecular weight excluding hydrogens is 222 g/mol. The van der Waals surface area contributed by atoms with Crippen molar-refractivity contribution < 1.29 is 9.90 Å². The van der Waals surface area contributed by atoms with Crippen molar-refractivity contribution in [2.24, 2.45) is 0 Å². The van der Waals surface area contributed by atoms with Crippen LogP contribution in [0.3, 0.4) is 0 Å². The number of thioether (sulfide) groups is 1. The van der Waals surface area contributed by atoms with Gasteiger partial charge in [0.05, 0.1) is 0 Å². The molecule has 4 heteroatoms. The molecule has 0 spiro atoms. The van der Waals surface area contributed by atoms with E-state index in [2.05, 4.69) is 11.8 Å². The summed E-state index contributed by atoms with van der Waals surface area (Å²) in [6.45, 7) is 5.11. The van der Waals surface area contributed by atoms with Gasteiger partial charge in [-0.15, -0.1) is 0 Å². The standard InChI is InChI=1S/C12H21NO2S/c1-9-7-10(8-16-9)13-6-4-3-5-12(13,2)11(14)15/h9-10H,3-8H2,1-2H3,(H,14,15). The molecule has 0 bridgehead atoms. The Bertz CT molecular complexity index is 284. The Labute approximate surface area is 102 Å². The minimum Gasteiger partial charge on any atom is -0.480 e. The average molecular weight is 243 g/mol. The van der Waals surface area contributed by atoms with Gasteiger partial charge in [-0.1, -0.05) is 6.92 Å². The fourth-order valence-corrected chi connectivity index (χ4v) is 4.19. The lowest BCUT2D eigenvalue weighted by Crippen LogP contribution is -2.59. The minimum atomic E-state index is -0.642. The number of nitrogens with zero attached hydrogens (tertiary/aromatic N) is 1. The van der Waals surface area contributed by atoms with Crippen LogP contribution in [0.15, 0.2) is 0 Å². The first-order chi connectivity index (χ1) is 7.54. The summed E-state index contributed by atoms with van der Waals surface area (Å²) >= 11 is 1.98. The third-order valence-electron chi connectivity index (χ3n) is 4.03. The normalized spacial score (nSPS) is 41.1. The molecule has 0 saturated carbocycles. The summed E-state index contributed by atoms with van der Waals surface area (Å²) in [7, 11) is 0. The summed E-state index contributed by atoms with van der Waals surface area (Å²) in [5, 5.41) is 10.1. The molecule has 0 aromatic heterocycles.